The van der Waals surface area contributed by atoms with Crippen LogP contribution in [0.4, 0.5) is 0 Å². The molecule has 0 aliphatic carbocycles. The number of nitrogens with one attached hydrogen (secondary N) is 2. The molecular weight excluding hydrogens is 505 g/mol. The van der Waals surface area contributed by atoms with Gasteiger partial charge in [-0.15, -0.1) is 24.0 Å². The van der Waals surface area contributed by atoms with Gasteiger partial charge >= 0.3 is 0 Å². The maximum Gasteiger partial charge on any atom is 0.191 e. The van der Waals surface area contributed by atoms with Gasteiger partial charge in [0.25, 0.3) is 0 Å². The molecule has 0 amide bonds. The molecule has 2 fully saturated rings. The molecule has 1 aromatic carbocycles. The zero-order valence-corrected chi connectivity index (χ0v) is 21.2. The van der Waals surface area contributed by atoms with Gasteiger partial charge in [0.15, 0.2) is 5.96 Å². The van der Waals surface area contributed by atoms with Gasteiger partial charge in [-0.05, 0) is 43.9 Å². The summed E-state index contributed by atoms with van der Waals surface area (Å²) in [6.07, 6.45) is 2.79. The molecule has 0 radical (unpaired) electrons. The maximum atomic E-state index is 9.62. The molecule has 2 heterocycles. The smallest absolute Gasteiger partial charge is 0.191 e. The van der Waals surface area contributed by atoms with Crippen molar-refractivity contribution in [1.29, 1.82) is 0 Å². The van der Waals surface area contributed by atoms with E-state index in [9.17, 15) is 5.11 Å². The predicted octanol–water partition coefficient (Wildman–Crippen LogP) is 2.04. The molecule has 31 heavy (non-hydrogen) atoms. The lowest BCUT2D eigenvalue weighted by atomic mass is 10.1. The van der Waals surface area contributed by atoms with Gasteiger partial charge in [-0.2, -0.15) is 0 Å². The monoisotopic (exact) mass is 545 g/mol. The van der Waals surface area contributed by atoms with E-state index in [1.807, 2.05) is 0 Å². The van der Waals surface area contributed by atoms with Gasteiger partial charge in [0.05, 0.1) is 25.9 Å². The molecule has 0 spiro atoms. The molecule has 2 aliphatic rings. The quantitative estimate of drug-likeness (QED) is 0.191. The van der Waals surface area contributed by atoms with Crippen molar-refractivity contribution >= 4 is 29.9 Å². The fourth-order valence-electron chi connectivity index (χ4n) is 4.02. The van der Waals surface area contributed by atoms with Crippen molar-refractivity contribution < 1.29 is 9.84 Å². The van der Waals surface area contributed by atoms with Gasteiger partial charge in [0, 0.05) is 45.8 Å². The predicted molar refractivity (Wildman–Crippen MR) is 137 cm³/mol. The number of rotatable bonds is 9. The van der Waals surface area contributed by atoms with E-state index in [1.165, 1.54) is 11.1 Å². The number of ether oxygens (including phenoxy) is 1. The Hall–Kier alpha value is -0.940. The van der Waals surface area contributed by atoms with E-state index in [-0.39, 0.29) is 30.1 Å². The molecule has 3 rings (SSSR count). The molecular formula is C23H40IN5O2. The number of likely N-dealkylation sites (tertiary alicyclic amines) is 1. The molecule has 0 unspecified atom stereocenters. The maximum absolute atomic E-state index is 9.62. The minimum Gasteiger partial charge on any atom is -0.393 e. The van der Waals surface area contributed by atoms with Crippen molar-refractivity contribution in [2.75, 3.05) is 59.0 Å². The van der Waals surface area contributed by atoms with E-state index in [0.717, 1.165) is 90.8 Å². The number of nitrogens with zero attached hydrogens (tertiary/aromatic N) is 3. The minimum absolute atomic E-state index is 0. The Kier molecular flexibility index (Phi) is 12.7. The number of morpholine rings is 1. The molecule has 0 saturated carbocycles. The molecule has 0 aromatic heterocycles. The standard InChI is InChI=1S/C23H39N5O2.HI/c1-2-24-23(25-10-5-11-27-12-8-22(29)9-13-27)26-18-20-6-3-4-7-21(20)19-28-14-16-30-17-15-28;/h3-4,6-7,22,29H,2,5,8-19H2,1H3,(H2,24,25,26);1H. The zero-order valence-electron chi connectivity index (χ0n) is 18.9. The van der Waals surface area contributed by atoms with E-state index >= 15 is 0 Å². The van der Waals surface area contributed by atoms with Gasteiger partial charge in [0.1, 0.15) is 0 Å². The zero-order chi connectivity index (χ0) is 21.0. The van der Waals surface area contributed by atoms with E-state index < -0.39 is 0 Å². The van der Waals surface area contributed by atoms with Crippen molar-refractivity contribution in [1.82, 2.24) is 20.4 Å². The van der Waals surface area contributed by atoms with E-state index in [2.05, 4.69) is 51.6 Å². The van der Waals surface area contributed by atoms with Crippen LogP contribution < -0.4 is 10.6 Å². The van der Waals surface area contributed by atoms with Gasteiger partial charge < -0.3 is 25.4 Å². The van der Waals surface area contributed by atoms with Crippen LogP contribution in [0.2, 0.25) is 0 Å². The summed E-state index contributed by atoms with van der Waals surface area (Å²) in [6.45, 7) is 12.2. The van der Waals surface area contributed by atoms with Crippen LogP contribution in [0, 0.1) is 0 Å². The Labute approximate surface area is 204 Å². The topological polar surface area (TPSA) is 72.4 Å². The SMILES string of the molecule is CCNC(=NCc1ccccc1CN1CCOCC1)NCCCN1CCC(O)CC1.I. The minimum atomic E-state index is -0.0991. The van der Waals surface area contributed by atoms with Crippen LogP contribution in [0.15, 0.2) is 29.3 Å². The second-order valence-electron chi connectivity index (χ2n) is 8.21. The highest BCUT2D eigenvalue weighted by atomic mass is 127. The number of aliphatic imine (C=N–C) groups is 1. The molecule has 8 heteroatoms. The lowest BCUT2D eigenvalue weighted by Gasteiger charge is -2.29. The van der Waals surface area contributed by atoms with Gasteiger partial charge in [-0.25, -0.2) is 4.99 Å². The van der Waals surface area contributed by atoms with Gasteiger partial charge in [0.2, 0.25) is 0 Å². The Morgan fingerprint density at radius 3 is 2.48 bits per heavy atom. The second kappa shape index (κ2) is 15.0. The number of hydrogen-bond acceptors (Lipinski definition) is 5. The molecule has 7 nitrogen and oxygen atoms in total. The van der Waals surface area contributed by atoms with E-state index in [0.29, 0.717) is 6.54 Å². The Morgan fingerprint density at radius 1 is 1.06 bits per heavy atom. The molecule has 176 valence electrons. The van der Waals surface area contributed by atoms with E-state index in [4.69, 9.17) is 9.73 Å². The normalized spacial score (nSPS) is 19.1. The van der Waals surface area contributed by atoms with Crippen LogP contribution in [-0.4, -0.2) is 86.0 Å². The first-order chi connectivity index (χ1) is 14.7. The summed E-state index contributed by atoms with van der Waals surface area (Å²) in [7, 11) is 0. The number of guanidine groups is 1. The Balaban J connectivity index is 0.00000341. The summed E-state index contributed by atoms with van der Waals surface area (Å²) in [5.41, 5.74) is 2.64. The molecule has 0 bridgehead atoms. The first-order valence-electron chi connectivity index (χ1n) is 11.5. The summed E-state index contributed by atoms with van der Waals surface area (Å²) < 4.78 is 5.47. The Morgan fingerprint density at radius 2 is 1.77 bits per heavy atom. The molecule has 1 aromatic rings. The number of aliphatic hydroxyl groups is 1. The average molecular weight is 546 g/mol. The average Bonchev–Trinajstić information content (AvgIpc) is 2.78. The molecule has 2 saturated heterocycles. The summed E-state index contributed by atoms with van der Waals surface area (Å²) >= 11 is 0. The van der Waals surface area contributed by atoms with Crippen molar-refractivity contribution in [3.8, 4) is 0 Å². The van der Waals surface area contributed by atoms with Crippen LogP contribution in [0.25, 0.3) is 0 Å². The van der Waals surface area contributed by atoms with Crippen LogP contribution in [0.3, 0.4) is 0 Å². The number of piperidine rings is 1. The highest BCUT2D eigenvalue weighted by Crippen LogP contribution is 2.14. The van der Waals surface area contributed by atoms with Crippen LogP contribution in [0.5, 0.6) is 0 Å². The summed E-state index contributed by atoms with van der Waals surface area (Å²) in [6, 6.07) is 8.62. The highest BCUT2D eigenvalue weighted by Gasteiger charge is 2.16. The summed E-state index contributed by atoms with van der Waals surface area (Å²) in [5, 5.41) is 16.5. The number of hydrogen-bond donors (Lipinski definition) is 3. The molecule has 2 aliphatic heterocycles. The second-order valence-corrected chi connectivity index (χ2v) is 8.21. The van der Waals surface area contributed by atoms with E-state index in [1.54, 1.807) is 0 Å². The molecule has 3 N–H and O–H groups in total. The highest BCUT2D eigenvalue weighted by molar-refractivity contribution is 14.0. The van der Waals surface area contributed by atoms with Crippen LogP contribution in [0.1, 0.15) is 37.3 Å². The Bertz CT molecular complexity index is 647. The van der Waals surface area contributed by atoms with Crippen molar-refractivity contribution in [3.05, 3.63) is 35.4 Å². The fourth-order valence-corrected chi connectivity index (χ4v) is 4.02. The van der Waals surface area contributed by atoms with Crippen molar-refractivity contribution in [2.45, 2.75) is 45.4 Å². The van der Waals surface area contributed by atoms with Crippen LogP contribution >= 0.6 is 24.0 Å². The fraction of sp³-hybridized carbons (Fsp3) is 0.696. The third-order valence-corrected chi connectivity index (χ3v) is 5.87. The first kappa shape index (κ1) is 26.3. The summed E-state index contributed by atoms with van der Waals surface area (Å²) in [4.78, 5) is 9.73. The van der Waals surface area contributed by atoms with Crippen LogP contribution in [-0.2, 0) is 17.8 Å². The third-order valence-electron chi connectivity index (χ3n) is 5.87. The largest absolute Gasteiger partial charge is 0.393 e. The number of halogens is 1. The van der Waals surface area contributed by atoms with Gasteiger partial charge in [-0.3, -0.25) is 4.90 Å². The first-order valence-corrected chi connectivity index (χ1v) is 11.5. The third kappa shape index (κ3) is 9.61. The van der Waals surface area contributed by atoms with Crippen molar-refractivity contribution in [3.63, 3.8) is 0 Å². The number of aliphatic hydroxyl groups excluding tert-OH is 1. The van der Waals surface area contributed by atoms with Gasteiger partial charge in [-0.1, -0.05) is 24.3 Å². The summed E-state index contributed by atoms with van der Waals surface area (Å²) in [5.74, 6) is 0.882. The lowest BCUT2D eigenvalue weighted by Crippen LogP contribution is -2.40. The molecule has 0 atom stereocenters. The number of benzene rings is 1. The lowest BCUT2D eigenvalue weighted by molar-refractivity contribution is 0.0341. The van der Waals surface area contributed by atoms with Crippen molar-refractivity contribution in [2.24, 2.45) is 4.99 Å².